The molecule has 1 atom stereocenters. The van der Waals surface area contributed by atoms with Crippen molar-refractivity contribution in [2.24, 2.45) is 5.92 Å². The molecule has 0 rings (SSSR count). The maximum atomic E-state index is 9.05. The van der Waals surface area contributed by atoms with E-state index in [1.807, 2.05) is 0 Å². The van der Waals surface area contributed by atoms with Crippen molar-refractivity contribution in [1.82, 2.24) is 0 Å². The summed E-state index contributed by atoms with van der Waals surface area (Å²) in [5, 5.41) is 9.05. The summed E-state index contributed by atoms with van der Waals surface area (Å²) in [6.07, 6.45) is 4.04. The Bertz CT molecular complexity index is 164. The molecule has 0 radical (unpaired) electrons. The Balaban J connectivity index is 4.00. The molecule has 70 valence electrons. The number of hydrogen-bond acceptors (Lipinski definition) is 1. The molecular weight excluding hydrogens is 148 g/mol. The van der Waals surface area contributed by atoms with Gasteiger partial charge in [-0.25, -0.2) is 0 Å². The number of aliphatic hydroxyl groups excluding tert-OH is 1. The Labute approximate surface area is 75.8 Å². The van der Waals surface area contributed by atoms with Crippen LogP contribution in [0, 0.1) is 5.92 Å². The van der Waals surface area contributed by atoms with Gasteiger partial charge in [-0.3, -0.25) is 0 Å². The van der Waals surface area contributed by atoms with E-state index in [1.54, 1.807) is 0 Å². The Morgan fingerprint density at radius 1 is 1.50 bits per heavy atom. The molecule has 0 aromatic carbocycles. The minimum absolute atomic E-state index is 0.219. The van der Waals surface area contributed by atoms with E-state index in [2.05, 4.69) is 33.4 Å². The zero-order valence-corrected chi connectivity index (χ0v) is 8.43. The molecule has 0 heterocycles. The van der Waals surface area contributed by atoms with Gasteiger partial charge in [0, 0.05) is 12.5 Å². The lowest BCUT2D eigenvalue weighted by molar-refractivity contribution is 0.245. The fraction of sp³-hybridized carbons (Fsp3) is 0.636. The van der Waals surface area contributed by atoms with Crippen LogP contribution in [0.25, 0.3) is 0 Å². The lowest BCUT2D eigenvalue weighted by Crippen LogP contribution is -2.07. The van der Waals surface area contributed by atoms with E-state index in [0.29, 0.717) is 0 Å². The van der Waals surface area contributed by atoms with Crippen LogP contribution in [0.3, 0.4) is 0 Å². The second kappa shape index (κ2) is 6.01. The summed E-state index contributed by atoms with van der Waals surface area (Å²) in [5.41, 5.74) is 2.45. The van der Waals surface area contributed by atoms with E-state index >= 15 is 0 Å². The number of allylic oxidation sites excluding steroid dienone is 2. The van der Waals surface area contributed by atoms with Crippen molar-refractivity contribution in [3.05, 3.63) is 23.8 Å². The van der Waals surface area contributed by atoms with Gasteiger partial charge in [0.25, 0.3) is 0 Å². The smallest absolute Gasteiger partial charge is 0.0499 e. The predicted molar refractivity (Wildman–Crippen MR) is 54.1 cm³/mol. The van der Waals surface area contributed by atoms with Crippen LogP contribution in [0.2, 0.25) is 0 Å². The average Bonchev–Trinajstić information content (AvgIpc) is 2.04. The molecule has 0 saturated carbocycles. The third-order valence-electron chi connectivity index (χ3n) is 2.06. The van der Waals surface area contributed by atoms with Crippen molar-refractivity contribution in [3.8, 4) is 0 Å². The van der Waals surface area contributed by atoms with E-state index in [4.69, 9.17) is 5.11 Å². The largest absolute Gasteiger partial charge is 0.396 e. The van der Waals surface area contributed by atoms with Crippen molar-refractivity contribution in [3.63, 3.8) is 0 Å². The molecule has 1 unspecified atom stereocenters. The molecule has 0 aliphatic rings. The van der Waals surface area contributed by atoms with Crippen LogP contribution in [0.1, 0.15) is 33.6 Å². The Hall–Kier alpha value is -0.560. The summed E-state index contributed by atoms with van der Waals surface area (Å²) < 4.78 is 0. The van der Waals surface area contributed by atoms with Gasteiger partial charge in [0.15, 0.2) is 0 Å². The minimum atomic E-state index is 0.219. The maximum absolute atomic E-state index is 9.05. The Morgan fingerprint density at radius 2 is 2.08 bits per heavy atom. The summed E-state index contributed by atoms with van der Waals surface area (Å²) in [6.45, 7) is 10.4. The number of aliphatic hydroxyl groups is 1. The summed E-state index contributed by atoms with van der Waals surface area (Å²) in [4.78, 5) is 0. The molecule has 0 saturated heterocycles. The van der Waals surface area contributed by atoms with Crippen LogP contribution in [0.4, 0.5) is 0 Å². The molecule has 0 bridgehead atoms. The first kappa shape index (κ1) is 11.4. The molecule has 0 spiro atoms. The Morgan fingerprint density at radius 3 is 2.42 bits per heavy atom. The van der Waals surface area contributed by atoms with Gasteiger partial charge in [-0.1, -0.05) is 30.7 Å². The second-order valence-corrected chi connectivity index (χ2v) is 3.41. The average molecular weight is 168 g/mol. The van der Waals surface area contributed by atoms with E-state index in [9.17, 15) is 0 Å². The monoisotopic (exact) mass is 168 g/mol. The van der Waals surface area contributed by atoms with Crippen molar-refractivity contribution >= 4 is 0 Å². The van der Waals surface area contributed by atoms with Crippen molar-refractivity contribution in [2.75, 3.05) is 6.61 Å². The first-order valence-corrected chi connectivity index (χ1v) is 4.53. The molecule has 0 aromatic rings. The van der Waals surface area contributed by atoms with E-state index < -0.39 is 0 Å². The van der Waals surface area contributed by atoms with Crippen LogP contribution in [0.5, 0.6) is 0 Å². The van der Waals surface area contributed by atoms with Gasteiger partial charge >= 0.3 is 0 Å². The van der Waals surface area contributed by atoms with E-state index in [-0.39, 0.29) is 12.5 Å². The first-order valence-electron chi connectivity index (χ1n) is 4.53. The summed E-state index contributed by atoms with van der Waals surface area (Å²) in [5.74, 6) is 0.255. The molecule has 0 amide bonds. The van der Waals surface area contributed by atoms with Crippen LogP contribution < -0.4 is 0 Å². The van der Waals surface area contributed by atoms with Crippen molar-refractivity contribution < 1.29 is 5.11 Å². The van der Waals surface area contributed by atoms with Gasteiger partial charge < -0.3 is 5.11 Å². The highest BCUT2D eigenvalue weighted by molar-refractivity contribution is 5.04. The fourth-order valence-corrected chi connectivity index (χ4v) is 1.04. The van der Waals surface area contributed by atoms with Crippen molar-refractivity contribution in [1.29, 1.82) is 0 Å². The fourth-order valence-electron chi connectivity index (χ4n) is 1.04. The van der Waals surface area contributed by atoms with Gasteiger partial charge in [-0.2, -0.15) is 0 Å². The molecule has 0 aliphatic carbocycles. The molecular formula is C11H20O. The SMILES string of the molecule is C=C(CC)C(CO)CC=C(C)C. The molecule has 1 N–H and O–H groups in total. The molecule has 0 fully saturated rings. The van der Waals surface area contributed by atoms with Crippen LogP contribution in [-0.2, 0) is 0 Å². The van der Waals surface area contributed by atoms with Gasteiger partial charge in [-0.15, -0.1) is 0 Å². The first-order chi connectivity index (χ1) is 5.61. The van der Waals surface area contributed by atoms with Crippen LogP contribution in [0.15, 0.2) is 23.8 Å². The van der Waals surface area contributed by atoms with Gasteiger partial charge in [0.2, 0.25) is 0 Å². The molecule has 12 heavy (non-hydrogen) atoms. The quantitative estimate of drug-likeness (QED) is 0.626. The van der Waals surface area contributed by atoms with Gasteiger partial charge in [0.05, 0.1) is 0 Å². The highest BCUT2D eigenvalue weighted by Gasteiger charge is 2.07. The summed E-state index contributed by atoms with van der Waals surface area (Å²) >= 11 is 0. The zero-order chi connectivity index (χ0) is 9.56. The molecule has 0 aliphatic heterocycles. The molecule has 1 nitrogen and oxygen atoms in total. The highest BCUT2D eigenvalue weighted by Crippen LogP contribution is 2.17. The number of hydrogen-bond donors (Lipinski definition) is 1. The van der Waals surface area contributed by atoms with E-state index in [1.165, 1.54) is 5.57 Å². The summed E-state index contributed by atoms with van der Waals surface area (Å²) in [6, 6.07) is 0. The normalized spacial score (nSPS) is 12.3. The highest BCUT2D eigenvalue weighted by atomic mass is 16.3. The molecule has 0 aromatic heterocycles. The minimum Gasteiger partial charge on any atom is -0.396 e. The zero-order valence-electron chi connectivity index (χ0n) is 8.43. The topological polar surface area (TPSA) is 20.2 Å². The van der Waals surface area contributed by atoms with Crippen LogP contribution >= 0.6 is 0 Å². The van der Waals surface area contributed by atoms with E-state index in [0.717, 1.165) is 18.4 Å². The molecule has 1 heteroatoms. The van der Waals surface area contributed by atoms with Crippen LogP contribution in [-0.4, -0.2) is 11.7 Å². The Kier molecular flexibility index (Phi) is 5.73. The maximum Gasteiger partial charge on any atom is 0.0499 e. The number of rotatable bonds is 5. The lowest BCUT2D eigenvalue weighted by atomic mass is 9.95. The standard InChI is InChI=1S/C11H20O/c1-5-10(4)11(8-12)7-6-9(2)3/h6,11-12H,4-5,7-8H2,1-3H3. The predicted octanol–water partition coefficient (Wildman–Crippen LogP) is 2.92. The summed E-state index contributed by atoms with van der Waals surface area (Å²) in [7, 11) is 0. The second-order valence-electron chi connectivity index (χ2n) is 3.41. The van der Waals surface area contributed by atoms with Gasteiger partial charge in [-0.05, 0) is 26.7 Å². The van der Waals surface area contributed by atoms with Gasteiger partial charge in [0.1, 0.15) is 0 Å². The third-order valence-corrected chi connectivity index (χ3v) is 2.06. The lowest BCUT2D eigenvalue weighted by Gasteiger charge is -2.13. The third kappa shape index (κ3) is 4.35. The van der Waals surface area contributed by atoms with Crippen molar-refractivity contribution in [2.45, 2.75) is 33.6 Å².